The number of nitrogens with zero attached hydrogens (tertiary/aromatic N) is 2. The van der Waals surface area contributed by atoms with Crippen LogP contribution in [-0.4, -0.2) is 18.0 Å². The van der Waals surface area contributed by atoms with Crippen molar-refractivity contribution in [3.8, 4) is 5.75 Å². The first kappa shape index (κ1) is 19.8. The molecule has 0 saturated heterocycles. The summed E-state index contributed by atoms with van der Waals surface area (Å²) >= 11 is 7.53. The van der Waals surface area contributed by atoms with Crippen LogP contribution in [0.3, 0.4) is 0 Å². The standard InChI is InChI=1S/C23H17ClN2O4S/c1-11-12(2)31-23(25-11)26-19(13-5-4-6-15(9-13)29-3)18-20(27)16-10-14(24)7-8-17(16)30-21(18)22(26)28/h4-10,19H,1-3H3/t19-/m1/s1. The molecule has 0 bridgehead atoms. The van der Waals surface area contributed by atoms with E-state index in [9.17, 15) is 9.59 Å². The van der Waals surface area contributed by atoms with Crippen LogP contribution in [0.5, 0.6) is 5.75 Å². The van der Waals surface area contributed by atoms with Gasteiger partial charge in [0.05, 0.1) is 29.8 Å². The quantitative estimate of drug-likeness (QED) is 0.423. The van der Waals surface area contributed by atoms with Crippen molar-refractivity contribution in [3.05, 3.63) is 85.2 Å². The third-order valence-corrected chi connectivity index (χ3v) is 6.77. The van der Waals surface area contributed by atoms with Crippen molar-refractivity contribution in [1.82, 2.24) is 4.98 Å². The van der Waals surface area contributed by atoms with Gasteiger partial charge in [0.1, 0.15) is 11.3 Å². The van der Waals surface area contributed by atoms with Crippen LogP contribution in [0.2, 0.25) is 5.02 Å². The van der Waals surface area contributed by atoms with Gasteiger partial charge in [0.25, 0.3) is 5.91 Å². The highest BCUT2D eigenvalue weighted by atomic mass is 35.5. The molecule has 0 radical (unpaired) electrons. The summed E-state index contributed by atoms with van der Waals surface area (Å²) in [5, 5.41) is 1.27. The Balaban J connectivity index is 1.83. The minimum Gasteiger partial charge on any atom is -0.497 e. The van der Waals surface area contributed by atoms with Gasteiger partial charge < -0.3 is 9.15 Å². The second-order valence-corrected chi connectivity index (χ2v) is 8.92. The number of benzene rings is 2. The molecule has 1 amide bonds. The van der Waals surface area contributed by atoms with Crippen LogP contribution >= 0.6 is 22.9 Å². The Kier molecular flexibility index (Phi) is 4.60. The number of hydrogen-bond donors (Lipinski definition) is 0. The van der Waals surface area contributed by atoms with Crippen molar-refractivity contribution in [1.29, 1.82) is 0 Å². The number of fused-ring (bicyclic) bond motifs is 2. The van der Waals surface area contributed by atoms with Gasteiger partial charge in [-0.05, 0) is 49.7 Å². The van der Waals surface area contributed by atoms with Crippen LogP contribution in [0, 0.1) is 13.8 Å². The van der Waals surface area contributed by atoms with E-state index in [-0.39, 0.29) is 16.8 Å². The van der Waals surface area contributed by atoms with Gasteiger partial charge in [-0.3, -0.25) is 14.5 Å². The number of anilines is 1. The highest BCUT2D eigenvalue weighted by Gasteiger charge is 2.45. The minimum atomic E-state index is -0.692. The third kappa shape index (κ3) is 3.04. The van der Waals surface area contributed by atoms with Crippen molar-refractivity contribution in [3.63, 3.8) is 0 Å². The van der Waals surface area contributed by atoms with E-state index in [1.165, 1.54) is 16.2 Å². The van der Waals surface area contributed by atoms with Crippen molar-refractivity contribution in [2.24, 2.45) is 0 Å². The number of ether oxygens (including phenoxy) is 1. The third-order valence-electron chi connectivity index (χ3n) is 5.47. The lowest BCUT2D eigenvalue weighted by molar-refractivity contribution is 0.0971. The molecule has 31 heavy (non-hydrogen) atoms. The van der Waals surface area contributed by atoms with Crippen LogP contribution in [0.25, 0.3) is 11.0 Å². The molecule has 0 fully saturated rings. The number of methoxy groups -OCH3 is 1. The Morgan fingerprint density at radius 3 is 2.68 bits per heavy atom. The summed E-state index contributed by atoms with van der Waals surface area (Å²) in [6, 6.07) is 11.4. The van der Waals surface area contributed by atoms with Gasteiger partial charge in [-0.15, -0.1) is 11.3 Å². The monoisotopic (exact) mass is 452 g/mol. The topological polar surface area (TPSA) is 72.6 Å². The van der Waals surface area contributed by atoms with Crippen molar-refractivity contribution in [2.75, 3.05) is 12.0 Å². The van der Waals surface area contributed by atoms with Gasteiger partial charge in [0.2, 0.25) is 5.76 Å². The van der Waals surface area contributed by atoms with E-state index in [0.29, 0.717) is 26.9 Å². The molecule has 2 aromatic heterocycles. The molecule has 4 aromatic rings. The smallest absolute Gasteiger partial charge is 0.297 e. The average molecular weight is 453 g/mol. The van der Waals surface area contributed by atoms with Crippen LogP contribution in [-0.2, 0) is 0 Å². The summed E-state index contributed by atoms with van der Waals surface area (Å²) in [7, 11) is 1.57. The number of carbonyl (C=O) groups is 1. The van der Waals surface area contributed by atoms with Crippen molar-refractivity contribution < 1.29 is 13.9 Å². The number of aromatic nitrogens is 1. The molecule has 1 atom stereocenters. The summed E-state index contributed by atoms with van der Waals surface area (Å²) in [5.41, 5.74) is 1.88. The van der Waals surface area contributed by atoms with Gasteiger partial charge in [-0.1, -0.05) is 23.7 Å². The number of amides is 1. The van der Waals surface area contributed by atoms with E-state index in [2.05, 4.69) is 4.98 Å². The summed E-state index contributed by atoms with van der Waals surface area (Å²) in [5.74, 6) is 0.252. The van der Waals surface area contributed by atoms with Crippen LogP contribution < -0.4 is 15.1 Å². The predicted molar refractivity (Wildman–Crippen MR) is 121 cm³/mol. The van der Waals surface area contributed by atoms with Gasteiger partial charge in [0.15, 0.2) is 10.6 Å². The molecule has 5 rings (SSSR count). The fourth-order valence-electron chi connectivity index (χ4n) is 3.83. The van der Waals surface area contributed by atoms with E-state index < -0.39 is 11.9 Å². The molecule has 1 aliphatic heterocycles. The summed E-state index contributed by atoms with van der Waals surface area (Å²) in [6.45, 7) is 3.84. The Morgan fingerprint density at radius 2 is 1.97 bits per heavy atom. The molecule has 1 aliphatic rings. The Bertz CT molecular complexity index is 1410. The molecule has 8 heteroatoms. The highest BCUT2D eigenvalue weighted by Crippen LogP contribution is 2.43. The molecule has 0 aliphatic carbocycles. The second-order valence-electron chi connectivity index (χ2n) is 7.31. The molecular weight excluding hydrogens is 436 g/mol. The maximum Gasteiger partial charge on any atom is 0.297 e. The number of aryl methyl sites for hydroxylation is 2. The molecule has 0 N–H and O–H groups in total. The molecule has 6 nitrogen and oxygen atoms in total. The molecule has 0 unspecified atom stereocenters. The van der Waals surface area contributed by atoms with E-state index in [0.717, 1.165) is 16.1 Å². The summed E-state index contributed by atoms with van der Waals surface area (Å²) in [6.07, 6.45) is 0. The molecule has 2 aromatic carbocycles. The molecule has 0 spiro atoms. The first-order valence-corrected chi connectivity index (χ1v) is 10.8. The van der Waals surface area contributed by atoms with E-state index in [4.69, 9.17) is 20.8 Å². The molecule has 156 valence electrons. The second kappa shape index (κ2) is 7.21. The number of rotatable bonds is 3. The Hall–Kier alpha value is -3.16. The van der Waals surface area contributed by atoms with Crippen LogP contribution in [0.15, 0.2) is 51.7 Å². The molecular formula is C23H17ClN2O4S. The molecule has 0 saturated carbocycles. The first-order chi connectivity index (χ1) is 14.9. The lowest BCUT2D eigenvalue weighted by atomic mass is 9.98. The average Bonchev–Trinajstić information content (AvgIpc) is 3.25. The number of hydrogen-bond acceptors (Lipinski definition) is 6. The minimum absolute atomic E-state index is 0.0261. The largest absolute Gasteiger partial charge is 0.497 e. The zero-order valence-electron chi connectivity index (χ0n) is 16.9. The maximum atomic E-state index is 13.6. The Labute approximate surface area is 186 Å². The molecule has 3 heterocycles. The number of carbonyl (C=O) groups excluding carboxylic acids is 1. The summed E-state index contributed by atoms with van der Waals surface area (Å²) < 4.78 is 11.3. The van der Waals surface area contributed by atoms with Crippen LogP contribution in [0.1, 0.15) is 38.3 Å². The zero-order chi connectivity index (χ0) is 21.9. The van der Waals surface area contributed by atoms with E-state index in [1.807, 2.05) is 38.1 Å². The van der Waals surface area contributed by atoms with E-state index >= 15 is 0 Å². The highest BCUT2D eigenvalue weighted by molar-refractivity contribution is 7.15. The Morgan fingerprint density at radius 1 is 1.16 bits per heavy atom. The van der Waals surface area contributed by atoms with Gasteiger partial charge in [-0.25, -0.2) is 4.98 Å². The van der Waals surface area contributed by atoms with Crippen LogP contribution in [0.4, 0.5) is 5.13 Å². The van der Waals surface area contributed by atoms with Gasteiger partial charge in [0, 0.05) is 9.90 Å². The predicted octanol–water partition coefficient (Wildman–Crippen LogP) is 5.28. The zero-order valence-corrected chi connectivity index (χ0v) is 18.5. The first-order valence-electron chi connectivity index (χ1n) is 9.57. The van der Waals surface area contributed by atoms with Gasteiger partial charge >= 0.3 is 0 Å². The SMILES string of the molecule is COc1cccc([C@@H]2c3c(oc4ccc(Cl)cc4c3=O)C(=O)N2c2nc(C)c(C)s2)c1. The van der Waals surface area contributed by atoms with Gasteiger partial charge in [-0.2, -0.15) is 0 Å². The number of halogens is 1. The lowest BCUT2D eigenvalue weighted by Gasteiger charge is -2.22. The van der Waals surface area contributed by atoms with Crippen molar-refractivity contribution >= 4 is 44.9 Å². The summed E-state index contributed by atoms with van der Waals surface area (Å²) in [4.78, 5) is 34.2. The maximum absolute atomic E-state index is 13.6. The van der Waals surface area contributed by atoms with E-state index in [1.54, 1.807) is 25.3 Å². The fraction of sp³-hybridized carbons (Fsp3) is 0.174. The fourth-order valence-corrected chi connectivity index (χ4v) is 4.94. The lowest BCUT2D eigenvalue weighted by Crippen LogP contribution is -2.29. The van der Waals surface area contributed by atoms with Crippen molar-refractivity contribution in [2.45, 2.75) is 19.9 Å². The number of thiazole rings is 1. The normalized spacial score (nSPS) is 15.5.